The number of nitriles is 1. The fraction of sp³-hybridized carbons (Fsp3) is 0.308. The highest BCUT2D eigenvalue weighted by molar-refractivity contribution is 5.77. The third kappa shape index (κ3) is 3.78. The molecule has 0 aliphatic carbocycles. The first-order chi connectivity index (χ1) is 11.0. The lowest BCUT2D eigenvalue weighted by molar-refractivity contribution is -0.393. The summed E-state index contributed by atoms with van der Waals surface area (Å²) in [6, 6.07) is 1.09. The van der Waals surface area contributed by atoms with Gasteiger partial charge in [-0.1, -0.05) is 6.08 Å². The van der Waals surface area contributed by atoms with Crippen LogP contribution in [0.5, 0.6) is 0 Å². The number of hydrogen-bond donors (Lipinski definition) is 0. The predicted octanol–water partition coefficient (Wildman–Crippen LogP) is 3.43. The molecule has 24 heavy (non-hydrogen) atoms. The molecule has 0 spiro atoms. The molecule has 1 unspecified atom stereocenters. The summed E-state index contributed by atoms with van der Waals surface area (Å²) >= 11 is 0. The van der Waals surface area contributed by atoms with Gasteiger partial charge in [-0.15, -0.1) is 6.58 Å². The Morgan fingerprint density at radius 3 is 2.08 bits per heavy atom. The van der Waals surface area contributed by atoms with E-state index in [0.29, 0.717) is 0 Å². The number of nitrogens with zero attached hydrogens (tertiary/aromatic N) is 4. The molecule has 128 valence electrons. The van der Waals surface area contributed by atoms with Crippen LogP contribution in [0, 0.1) is 31.6 Å². The largest absolute Gasteiger partial charge is 0.416 e. The molecule has 8 nitrogen and oxygen atoms in total. The summed E-state index contributed by atoms with van der Waals surface area (Å²) in [7, 11) is 0. The zero-order valence-electron chi connectivity index (χ0n) is 12.3. The molecule has 1 aromatic rings. The monoisotopic (exact) mass is 344 g/mol. The summed E-state index contributed by atoms with van der Waals surface area (Å²) in [5.41, 5.74) is -4.42. The Morgan fingerprint density at radius 1 is 1.33 bits per heavy atom. The summed E-state index contributed by atoms with van der Waals surface area (Å²) in [4.78, 5) is 21.0. The van der Waals surface area contributed by atoms with Crippen molar-refractivity contribution in [2.45, 2.75) is 19.1 Å². The minimum atomic E-state index is -5.00. The topological polar surface area (TPSA) is 113 Å². The number of nitro benzene ring substituents is 2. The summed E-state index contributed by atoms with van der Waals surface area (Å²) in [6.07, 6.45) is -3.78. The standard InChI is InChI=1S/C13H11F3N4O4/c1-3-4-18(8(2)7-17)12-10(19(21)22)5-9(13(14,15)16)6-11(12)20(23)24/h3,5-6,8H,1,4H2,2H3. The van der Waals surface area contributed by atoms with Crippen LogP contribution in [0.4, 0.5) is 30.2 Å². The van der Waals surface area contributed by atoms with E-state index in [-0.39, 0.29) is 18.7 Å². The second-order valence-corrected chi connectivity index (χ2v) is 4.62. The van der Waals surface area contributed by atoms with Gasteiger partial charge in [0, 0.05) is 18.7 Å². The van der Waals surface area contributed by atoms with E-state index in [9.17, 15) is 33.4 Å². The van der Waals surface area contributed by atoms with Gasteiger partial charge in [-0.2, -0.15) is 18.4 Å². The average Bonchev–Trinajstić information content (AvgIpc) is 2.49. The summed E-state index contributed by atoms with van der Waals surface area (Å²) < 4.78 is 38.6. The molecular weight excluding hydrogens is 333 g/mol. The van der Waals surface area contributed by atoms with Crippen molar-refractivity contribution in [1.29, 1.82) is 5.26 Å². The van der Waals surface area contributed by atoms with Gasteiger partial charge in [0.2, 0.25) is 0 Å². The van der Waals surface area contributed by atoms with Gasteiger partial charge in [0.15, 0.2) is 5.69 Å². The molecule has 1 atom stereocenters. The van der Waals surface area contributed by atoms with Gasteiger partial charge in [0.1, 0.15) is 6.04 Å². The van der Waals surface area contributed by atoms with Crippen molar-refractivity contribution in [1.82, 2.24) is 0 Å². The Labute approximate surface area is 133 Å². The van der Waals surface area contributed by atoms with Gasteiger partial charge in [0.25, 0.3) is 11.4 Å². The van der Waals surface area contributed by atoms with Gasteiger partial charge >= 0.3 is 6.18 Å². The fourth-order valence-corrected chi connectivity index (χ4v) is 1.99. The van der Waals surface area contributed by atoms with Crippen molar-refractivity contribution in [3.63, 3.8) is 0 Å². The van der Waals surface area contributed by atoms with Crippen LogP contribution in [0.25, 0.3) is 0 Å². The van der Waals surface area contributed by atoms with E-state index in [2.05, 4.69) is 6.58 Å². The molecule has 0 saturated heterocycles. The summed E-state index contributed by atoms with van der Waals surface area (Å²) in [5.74, 6) is 0. The molecule has 0 N–H and O–H groups in total. The third-order valence-corrected chi connectivity index (χ3v) is 3.06. The molecule has 0 heterocycles. The van der Waals surface area contributed by atoms with Crippen molar-refractivity contribution in [3.05, 3.63) is 50.6 Å². The molecule has 0 amide bonds. The number of anilines is 1. The van der Waals surface area contributed by atoms with Crippen LogP contribution in [-0.4, -0.2) is 22.4 Å². The lowest BCUT2D eigenvalue weighted by Gasteiger charge is -2.25. The zero-order valence-corrected chi connectivity index (χ0v) is 12.3. The second kappa shape index (κ2) is 6.95. The average molecular weight is 344 g/mol. The van der Waals surface area contributed by atoms with Crippen LogP contribution in [0.3, 0.4) is 0 Å². The third-order valence-electron chi connectivity index (χ3n) is 3.06. The van der Waals surface area contributed by atoms with E-state index in [0.717, 1.165) is 4.90 Å². The minimum Gasteiger partial charge on any atom is -0.341 e. The van der Waals surface area contributed by atoms with Gasteiger partial charge in [0.05, 0.1) is 21.5 Å². The van der Waals surface area contributed by atoms with E-state index in [1.807, 2.05) is 0 Å². The molecule has 11 heteroatoms. The molecule has 0 saturated carbocycles. The van der Waals surface area contributed by atoms with Gasteiger partial charge in [-0.05, 0) is 6.92 Å². The van der Waals surface area contributed by atoms with E-state index in [1.54, 1.807) is 6.07 Å². The molecule has 0 bridgehead atoms. The Morgan fingerprint density at radius 2 is 1.79 bits per heavy atom. The van der Waals surface area contributed by atoms with Gasteiger partial charge in [-0.3, -0.25) is 20.2 Å². The van der Waals surface area contributed by atoms with E-state index in [1.165, 1.54) is 13.0 Å². The van der Waals surface area contributed by atoms with Crippen LogP contribution < -0.4 is 4.90 Å². The normalized spacial score (nSPS) is 12.1. The van der Waals surface area contributed by atoms with Crippen LogP contribution in [0.2, 0.25) is 0 Å². The first-order valence-corrected chi connectivity index (χ1v) is 6.35. The SMILES string of the molecule is C=CCN(c1c([N+](=O)[O-])cc(C(F)(F)F)cc1[N+](=O)[O-])C(C)C#N. The van der Waals surface area contributed by atoms with Crippen molar-refractivity contribution in [2.24, 2.45) is 0 Å². The van der Waals surface area contributed by atoms with Crippen LogP contribution in [0.1, 0.15) is 12.5 Å². The quantitative estimate of drug-likeness (QED) is 0.444. The van der Waals surface area contributed by atoms with E-state index >= 15 is 0 Å². The molecule has 0 aliphatic rings. The molecule has 1 rings (SSSR count). The Hall–Kier alpha value is -3.16. The Balaban J connectivity index is 3.85. The van der Waals surface area contributed by atoms with Crippen LogP contribution in [-0.2, 0) is 6.18 Å². The van der Waals surface area contributed by atoms with Crippen LogP contribution >= 0.6 is 0 Å². The summed E-state index contributed by atoms with van der Waals surface area (Å²) in [5, 5.41) is 31.3. The lowest BCUT2D eigenvalue weighted by atomic mass is 10.1. The Kier molecular flexibility index (Phi) is 5.47. The van der Waals surface area contributed by atoms with Gasteiger partial charge < -0.3 is 4.90 Å². The van der Waals surface area contributed by atoms with Crippen molar-refractivity contribution < 1.29 is 23.0 Å². The van der Waals surface area contributed by atoms with Crippen molar-refractivity contribution in [3.8, 4) is 6.07 Å². The molecule has 0 aromatic heterocycles. The summed E-state index contributed by atoms with van der Waals surface area (Å²) in [6.45, 7) is 4.47. The lowest BCUT2D eigenvalue weighted by Crippen LogP contribution is -2.33. The van der Waals surface area contributed by atoms with E-state index < -0.39 is 44.7 Å². The highest BCUT2D eigenvalue weighted by Crippen LogP contribution is 2.43. The Bertz CT molecular complexity index is 692. The maximum Gasteiger partial charge on any atom is 0.416 e. The smallest absolute Gasteiger partial charge is 0.341 e. The van der Waals surface area contributed by atoms with Gasteiger partial charge in [-0.25, -0.2) is 0 Å². The minimum absolute atomic E-state index is 0.207. The maximum absolute atomic E-state index is 12.9. The van der Waals surface area contributed by atoms with Crippen molar-refractivity contribution >= 4 is 17.1 Å². The first-order valence-electron chi connectivity index (χ1n) is 6.35. The molecule has 0 fully saturated rings. The number of alkyl halides is 3. The highest BCUT2D eigenvalue weighted by Gasteiger charge is 2.39. The van der Waals surface area contributed by atoms with Crippen LogP contribution in [0.15, 0.2) is 24.8 Å². The molecule has 0 radical (unpaired) electrons. The highest BCUT2D eigenvalue weighted by atomic mass is 19.4. The molecular formula is C13H11F3N4O4. The predicted molar refractivity (Wildman–Crippen MR) is 77.4 cm³/mol. The number of halogens is 3. The molecule has 0 aliphatic heterocycles. The number of rotatable bonds is 6. The molecule has 1 aromatic carbocycles. The first kappa shape index (κ1) is 18.9. The number of hydrogen-bond acceptors (Lipinski definition) is 6. The van der Waals surface area contributed by atoms with Crippen molar-refractivity contribution in [2.75, 3.05) is 11.4 Å². The zero-order chi connectivity index (χ0) is 18.7. The maximum atomic E-state index is 12.9. The fourth-order valence-electron chi connectivity index (χ4n) is 1.99. The van der Waals surface area contributed by atoms with E-state index in [4.69, 9.17) is 5.26 Å². The number of nitro groups is 2. The number of benzene rings is 1. The second-order valence-electron chi connectivity index (χ2n) is 4.62.